The van der Waals surface area contributed by atoms with Gasteiger partial charge in [0, 0.05) is 30.9 Å². The summed E-state index contributed by atoms with van der Waals surface area (Å²) in [6, 6.07) is 0.841. The molecule has 0 radical (unpaired) electrons. The molecule has 1 saturated heterocycles. The highest BCUT2D eigenvalue weighted by atomic mass is 32.2. The number of hydrogen-bond donors (Lipinski definition) is 1. The maximum atomic E-state index is 12.0. The Bertz CT molecular complexity index is 221. The quantitative estimate of drug-likeness (QED) is 0.799. The molecule has 0 aliphatic carbocycles. The van der Waals surface area contributed by atoms with Gasteiger partial charge in [0.2, 0.25) is 0 Å². The lowest BCUT2D eigenvalue weighted by molar-refractivity contribution is -0.0328. The van der Waals surface area contributed by atoms with Crippen molar-refractivity contribution in [1.29, 1.82) is 0 Å². The molecule has 1 N–H and O–H groups in total. The van der Waals surface area contributed by atoms with Crippen LogP contribution in [-0.2, 0) is 0 Å². The average Bonchev–Trinajstić information content (AvgIpc) is 2.60. The van der Waals surface area contributed by atoms with Gasteiger partial charge in [-0.1, -0.05) is 13.8 Å². The molecule has 102 valence electrons. The Labute approximate surface area is 105 Å². The van der Waals surface area contributed by atoms with Gasteiger partial charge in [0.25, 0.3) is 0 Å². The van der Waals surface area contributed by atoms with E-state index in [4.69, 9.17) is 0 Å². The summed E-state index contributed by atoms with van der Waals surface area (Å²) in [7, 11) is 0. The van der Waals surface area contributed by atoms with Crippen molar-refractivity contribution in [3.63, 3.8) is 0 Å². The van der Waals surface area contributed by atoms with Crippen molar-refractivity contribution in [2.75, 3.05) is 25.4 Å². The molecule has 1 rings (SSSR count). The lowest BCUT2D eigenvalue weighted by Crippen LogP contribution is -2.41. The van der Waals surface area contributed by atoms with Gasteiger partial charge in [0.1, 0.15) is 0 Å². The lowest BCUT2D eigenvalue weighted by Gasteiger charge is -2.25. The molecule has 0 aromatic carbocycles. The first kappa shape index (κ1) is 15.1. The van der Waals surface area contributed by atoms with Gasteiger partial charge in [-0.25, -0.2) is 0 Å². The number of alkyl halides is 3. The van der Waals surface area contributed by atoms with Crippen molar-refractivity contribution in [1.82, 2.24) is 10.2 Å². The predicted molar refractivity (Wildman–Crippen MR) is 66.2 cm³/mol. The molecule has 1 unspecified atom stereocenters. The summed E-state index contributed by atoms with van der Waals surface area (Å²) < 4.78 is 36.0. The molecule has 1 fully saturated rings. The smallest absolute Gasteiger partial charge is 0.313 e. The van der Waals surface area contributed by atoms with Gasteiger partial charge in [0.05, 0.1) is 0 Å². The van der Waals surface area contributed by atoms with E-state index in [1.54, 1.807) is 0 Å². The third-order valence-corrected chi connectivity index (χ3v) is 3.62. The monoisotopic (exact) mass is 270 g/mol. The Hall–Kier alpha value is 0.0600. The molecule has 1 aliphatic rings. The zero-order chi connectivity index (χ0) is 12.9. The van der Waals surface area contributed by atoms with Crippen molar-refractivity contribution in [2.24, 2.45) is 0 Å². The number of likely N-dealkylation sites (tertiary alicyclic amines) is 1. The molecule has 6 heteroatoms. The SMILES string of the molecule is CC(C)NCC1CCCN1CCSC(F)(F)F. The lowest BCUT2D eigenvalue weighted by atomic mass is 10.2. The van der Waals surface area contributed by atoms with Crippen molar-refractivity contribution in [3.05, 3.63) is 0 Å². The number of nitrogens with zero attached hydrogens (tertiary/aromatic N) is 1. The van der Waals surface area contributed by atoms with E-state index < -0.39 is 5.51 Å². The third-order valence-electron chi connectivity index (χ3n) is 2.91. The van der Waals surface area contributed by atoms with Crippen LogP contribution >= 0.6 is 11.8 Å². The summed E-state index contributed by atoms with van der Waals surface area (Å²) in [5.74, 6) is 0.141. The first-order chi connectivity index (χ1) is 7.88. The van der Waals surface area contributed by atoms with Crippen molar-refractivity contribution < 1.29 is 13.2 Å². The number of rotatable bonds is 6. The summed E-state index contributed by atoms with van der Waals surface area (Å²) in [4.78, 5) is 2.17. The molecule has 2 nitrogen and oxygen atoms in total. The normalized spacial score (nSPS) is 22.6. The van der Waals surface area contributed by atoms with E-state index in [2.05, 4.69) is 24.1 Å². The standard InChI is InChI=1S/C11H21F3N2S/c1-9(2)15-8-10-4-3-5-16(10)6-7-17-11(12,13)14/h9-10,15H,3-8H2,1-2H3. The molecular formula is C11H21F3N2S. The van der Waals surface area contributed by atoms with Crippen LogP contribution in [-0.4, -0.2) is 47.9 Å². The predicted octanol–water partition coefficient (Wildman–Crippen LogP) is 2.70. The van der Waals surface area contributed by atoms with Gasteiger partial charge in [-0.3, -0.25) is 4.90 Å². The number of hydrogen-bond acceptors (Lipinski definition) is 3. The van der Waals surface area contributed by atoms with E-state index in [1.807, 2.05) is 0 Å². The van der Waals surface area contributed by atoms with Gasteiger partial charge >= 0.3 is 5.51 Å². The maximum absolute atomic E-state index is 12.0. The van der Waals surface area contributed by atoms with Gasteiger partial charge in [-0.05, 0) is 31.1 Å². The van der Waals surface area contributed by atoms with Crippen LogP contribution in [0.25, 0.3) is 0 Å². The second kappa shape index (κ2) is 6.85. The first-order valence-corrected chi connectivity index (χ1v) is 7.05. The Morgan fingerprint density at radius 2 is 2.12 bits per heavy atom. The van der Waals surface area contributed by atoms with Crippen molar-refractivity contribution >= 4 is 11.8 Å². The zero-order valence-corrected chi connectivity index (χ0v) is 11.2. The molecule has 0 spiro atoms. The summed E-state index contributed by atoms with van der Waals surface area (Å²) in [5.41, 5.74) is -4.09. The maximum Gasteiger partial charge on any atom is 0.441 e. The highest BCUT2D eigenvalue weighted by molar-refractivity contribution is 8.00. The largest absolute Gasteiger partial charge is 0.441 e. The van der Waals surface area contributed by atoms with Crippen LogP contribution in [0.1, 0.15) is 26.7 Å². The molecule has 17 heavy (non-hydrogen) atoms. The molecule has 0 aromatic heterocycles. The van der Waals surface area contributed by atoms with Crippen LogP contribution in [0.5, 0.6) is 0 Å². The Kier molecular flexibility index (Phi) is 6.09. The highest BCUT2D eigenvalue weighted by Crippen LogP contribution is 2.30. The minimum Gasteiger partial charge on any atom is -0.313 e. The first-order valence-electron chi connectivity index (χ1n) is 6.06. The minimum atomic E-state index is -4.09. The fourth-order valence-electron chi connectivity index (χ4n) is 2.07. The second-order valence-corrected chi connectivity index (χ2v) is 5.85. The summed E-state index contributed by atoms with van der Waals surface area (Å²) in [6.45, 7) is 6.52. The zero-order valence-electron chi connectivity index (χ0n) is 10.4. The van der Waals surface area contributed by atoms with Crippen LogP contribution in [0.2, 0.25) is 0 Å². The molecular weight excluding hydrogens is 249 g/mol. The van der Waals surface area contributed by atoms with Crippen molar-refractivity contribution in [3.8, 4) is 0 Å². The fraction of sp³-hybridized carbons (Fsp3) is 1.00. The molecule has 0 saturated carbocycles. The topological polar surface area (TPSA) is 15.3 Å². The van der Waals surface area contributed by atoms with Gasteiger partial charge in [-0.15, -0.1) is 0 Å². The number of halogens is 3. The van der Waals surface area contributed by atoms with E-state index in [1.165, 1.54) is 0 Å². The molecule has 0 bridgehead atoms. The van der Waals surface area contributed by atoms with Crippen LogP contribution in [0.15, 0.2) is 0 Å². The van der Waals surface area contributed by atoms with Crippen LogP contribution in [0.3, 0.4) is 0 Å². The average molecular weight is 270 g/mol. The Morgan fingerprint density at radius 3 is 2.71 bits per heavy atom. The fourth-order valence-corrected chi connectivity index (χ4v) is 2.63. The third kappa shape index (κ3) is 6.52. The molecule has 1 aliphatic heterocycles. The van der Waals surface area contributed by atoms with Crippen molar-refractivity contribution in [2.45, 2.75) is 44.3 Å². The van der Waals surface area contributed by atoms with Gasteiger partial charge in [-0.2, -0.15) is 13.2 Å². The van der Waals surface area contributed by atoms with Crippen LogP contribution in [0, 0.1) is 0 Å². The Morgan fingerprint density at radius 1 is 1.41 bits per heavy atom. The number of thioether (sulfide) groups is 1. The van der Waals surface area contributed by atoms with E-state index in [0.717, 1.165) is 25.9 Å². The Balaban J connectivity index is 2.22. The second-order valence-electron chi connectivity index (χ2n) is 4.69. The van der Waals surface area contributed by atoms with Gasteiger partial charge < -0.3 is 5.32 Å². The van der Waals surface area contributed by atoms with E-state index >= 15 is 0 Å². The minimum absolute atomic E-state index is 0.0848. The summed E-state index contributed by atoms with van der Waals surface area (Å²) in [6.07, 6.45) is 2.19. The summed E-state index contributed by atoms with van der Waals surface area (Å²) >= 11 is 0.0848. The van der Waals surface area contributed by atoms with E-state index in [9.17, 15) is 13.2 Å². The highest BCUT2D eigenvalue weighted by Gasteiger charge is 2.29. The van der Waals surface area contributed by atoms with E-state index in [-0.39, 0.29) is 17.5 Å². The molecule has 1 atom stereocenters. The van der Waals surface area contributed by atoms with E-state index in [0.29, 0.717) is 18.6 Å². The molecule has 0 aromatic rings. The summed E-state index contributed by atoms with van der Waals surface area (Å²) in [5, 5.41) is 3.35. The van der Waals surface area contributed by atoms with Crippen LogP contribution < -0.4 is 5.32 Å². The van der Waals surface area contributed by atoms with Crippen LogP contribution in [0.4, 0.5) is 13.2 Å². The molecule has 1 heterocycles. The van der Waals surface area contributed by atoms with Gasteiger partial charge in [0.15, 0.2) is 0 Å². The molecule has 0 amide bonds. The number of nitrogens with one attached hydrogen (secondary N) is 1.